The summed E-state index contributed by atoms with van der Waals surface area (Å²) in [6, 6.07) is 5.04. The number of carbonyl (C=O) groups is 1. The van der Waals surface area contributed by atoms with E-state index in [0.717, 1.165) is 6.07 Å². The molecule has 0 aliphatic carbocycles. The number of rotatable bonds is 7. The maximum absolute atomic E-state index is 12.6. The third kappa shape index (κ3) is 5.63. The number of carboxylic acids is 1. The normalized spacial score (nSPS) is 11.3. The van der Waals surface area contributed by atoms with Crippen molar-refractivity contribution in [2.45, 2.75) is 31.9 Å². The molecular formula is C13H15F3O3. The molecule has 106 valence electrons. The predicted molar refractivity (Wildman–Crippen MR) is 63.0 cm³/mol. The lowest BCUT2D eigenvalue weighted by atomic mass is 10.2. The number of halogens is 3. The summed E-state index contributed by atoms with van der Waals surface area (Å²) in [5.74, 6) is -1.06. The third-order valence-electron chi connectivity index (χ3n) is 2.49. The summed E-state index contributed by atoms with van der Waals surface area (Å²) in [6.07, 6.45) is -2.72. The second kappa shape index (κ2) is 7.01. The van der Waals surface area contributed by atoms with Crippen LogP contribution in [0.5, 0.6) is 5.75 Å². The zero-order valence-electron chi connectivity index (χ0n) is 10.2. The Morgan fingerprint density at radius 1 is 1.16 bits per heavy atom. The molecule has 0 unspecified atom stereocenters. The molecule has 19 heavy (non-hydrogen) atoms. The first kappa shape index (κ1) is 15.3. The molecule has 0 saturated heterocycles. The molecule has 1 aromatic carbocycles. The number of para-hydroxylation sites is 1. The van der Waals surface area contributed by atoms with Crippen LogP contribution in [-0.4, -0.2) is 17.7 Å². The molecule has 0 saturated carbocycles. The van der Waals surface area contributed by atoms with Crippen LogP contribution in [0, 0.1) is 0 Å². The van der Waals surface area contributed by atoms with E-state index in [1.807, 2.05) is 0 Å². The number of benzene rings is 1. The van der Waals surface area contributed by atoms with Crippen LogP contribution in [-0.2, 0) is 11.0 Å². The summed E-state index contributed by atoms with van der Waals surface area (Å²) in [5.41, 5.74) is -0.791. The lowest BCUT2D eigenvalue weighted by Gasteiger charge is -2.13. The molecule has 1 rings (SSSR count). The van der Waals surface area contributed by atoms with E-state index in [-0.39, 0.29) is 18.8 Å². The number of alkyl halides is 3. The van der Waals surface area contributed by atoms with Crippen LogP contribution in [0.2, 0.25) is 0 Å². The second-order valence-electron chi connectivity index (χ2n) is 4.05. The van der Waals surface area contributed by atoms with Crippen LogP contribution >= 0.6 is 0 Å². The van der Waals surface area contributed by atoms with Crippen LogP contribution in [0.25, 0.3) is 0 Å². The van der Waals surface area contributed by atoms with Gasteiger partial charge in [0.05, 0.1) is 12.2 Å². The standard InChI is InChI=1S/C13H15F3O3/c14-13(15,16)10-6-3-4-7-11(10)19-9-5-1-2-8-12(17)18/h3-4,6-7H,1-2,5,8-9H2,(H,17,18). The summed E-state index contributed by atoms with van der Waals surface area (Å²) in [7, 11) is 0. The summed E-state index contributed by atoms with van der Waals surface area (Å²) in [5, 5.41) is 8.42. The molecule has 0 aliphatic rings. The lowest BCUT2D eigenvalue weighted by Crippen LogP contribution is -2.09. The molecule has 0 fully saturated rings. The van der Waals surface area contributed by atoms with E-state index in [0.29, 0.717) is 19.3 Å². The van der Waals surface area contributed by atoms with Crippen molar-refractivity contribution in [1.82, 2.24) is 0 Å². The van der Waals surface area contributed by atoms with Crippen molar-refractivity contribution >= 4 is 5.97 Å². The first-order valence-corrected chi connectivity index (χ1v) is 5.92. The number of hydrogen-bond donors (Lipinski definition) is 1. The highest BCUT2D eigenvalue weighted by Crippen LogP contribution is 2.35. The van der Waals surface area contributed by atoms with Crippen LogP contribution < -0.4 is 4.74 Å². The van der Waals surface area contributed by atoms with Gasteiger partial charge in [0, 0.05) is 6.42 Å². The maximum Gasteiger partial charge on any atom is 0.419 e. The van der Waals surface area contributed by atoms with E-state index in [1.54, 1.807) is 0 Å². The smallest absolute Gasteiger partial charge is 0.419 e. The van der Waals surface area contributed by atoms with Gasteiger partial charge < -0.3 is 9.84 Å². The number of carboxylic acid groups (broad SMARTS) is 1. The van der Waals surface area contributed by atoms with E-state index in [1.165, 1.54) is 18.2 Å². The first-order chi connectivity index (χ1) is 8.91. The minimum atomic E-state index is -4.43. The summed E-state index contributed by atoms with van der Waals surface area (Å²) in [6.45, 7) is 0.146. The Bertz CT molecular complexity index is 416. The summed E-state index contributed by atoms with van der Waals surface area (Å²) >= 11 is 0. The van der Waals surface area contributed by atoms with Gasteiger partial charge in [-0.3, -0.25) is 4.79 Å². The van der Waals surface area contributed by atoms with E-state index >= 15 is 0 Å². The van der Waals surface area contributed by atoms with Crippen molar-refractivity contribution < 1.29 is 27.8 Å². The van der Waals surface area contributed by atoms with Gasteiger partial charge in [-0.05, 0) is 31.4 Å². The number of aliphatic carboxylic acids is 1. The molecule has 3 nitrogen and oxygen atoms in total. The summed E-state index contributed by atoms with van der Waals surface area (Å²) < 4.78 is 43.0. The molecule has 0 bridgehead atoms. The third-order valence-corrected chi connectivity index (χ3v) is 2.49. The molecule has 0 aliphatic heterocycles. The Labute approximate surface area is 109 Å². The van der Waals surface area contributed by atoms with Gasteiger partial charge in [-0.2, -0.15) is 13.2 Å². The average Bonchev–Trinajstić information content (AvgIpc) is 2.32. The molecule has 1 N–H and O–H groups in total. The highest BCUT2D eigenvalue weighted by molar-refractivity contribution is 5.66. The maximum atomic E-state index is 12.6. The van der Waals surface area contributed by atoms with Gasteiger partial charge >= 0.3 is 12.1 Å². The van der Waals surface area contributed by atoms with Crippen molar-refractivity contribution in [3.05, 3.63) is 29.8 Å². The molecule has 6 heteroatoms. The zero-order valence-corrected chi connectivity index (χ0v) is 10.2. The minimum absolute atomic E-state index is 0.0686. The van der Waals surface area contributed by atoms with Crippen molar-refractivity contribution in [2.75, 3.05) is 6.61 Å². The zero-order chi connectivity index (χ0) is 14.3. The monoisotopic (exact) mass is 276 g/mol. The fourth-order valence-corrected chi connectivity index (χ4v) is 1.56. The second-order valence-corrected chi connectivity index (χ2v) is 4.05. The van der Waals surface area contributed by atoms with Crippen molar-refractivity contribution in [3.63, 3.8) is 0 Å². The molecule has 0 amide bonds. The van der Waals surface area contributed by atoms with Gasteiger partial charge in [-0.25, -0.2) is 0 Å². The van der Waals surface area contributed by atoms with Gasteiger partial charge in [0.1, 0.15) is 5.75 Å². The molecule has 0 spiro atoms. The number of hydrogen-bond acceptors (Lipinski definition) is 2. The van der Waals surface area contributed by atoms with Gasteiger partial charge in [0.15, 0.2) is 0 Å². The Morgan fingerprint density at radius 2 is 1.84 bits per heavy atom. The summed E-state index contributed by atoms with van der Waals surface area (Å²) in [4.78, 5) is 10.3. The first-order valence-electron chi connectivity index (χ1n) is 5.92. The van der Waals surface area contributed by atoms with Gasteiger partial charge in [0.25, 0.3) is 0 Å². The van der Waals surface area contributed by atoms with E-state index in [4.69, 9.17) is 9.84 Å². The minimum Gasteiger partial charge on any atom is -0.493 e. The van der Waals surface area contributed by atoms with Gasteiger partial charge in [-0.15, -0.1) is 0 Å². The quantitative estimate of drug-likeness (QED) is 0.772. The van der Waals surface area contributed by atoms with E-state index in [2.05, 4.69) is 0 Å². The van der Waals surface area contributed by atoms with Gasteiger partial charge in [-0.1, -0.05) is 12.1 Å². The average molecular weight is 276 g/mol. The fourth-order valence-electron chi connectivity index (χ4n) is 1.56. The van der Waals surface area contributed by atoms with Crippen molar-refractivity contribution in [1.29, 1.82) is 0 Å². The largest absolute Gasteiger partial charge is 0.493 e. The molecule has 0 aromatic heterocycles. The highest BCUT2D eigenvalue weighted by Gasteiger charge is 2.33. The van der Waals surface area contributed by atoms with Crippen molar-refractivity contribution in [2.24, 2.45) is 0 Å². The fraction of sp³-hybridized carbons (Fsp3) is 0.462. The van der Waals surface area contributed by atoms with E-state index < -0.39 is 17.7 Å². The van der Waals surface area contributed by atoms with E-state index in [9.17, 15) is 18.0 Å². The molecular weight excluding hydrogens is 261 g/mol. The Balaban J connectivity index is 2.39. The number of unbranched alkanes of at least 4 members (excludes halogenated alkanes) is 2. The topological polar surface area (TPSA) is 46.5 Å². The molecule has 1 aromatic rings. The van der Waals surface area contributed by atoms with Crippen LogP contribution in [0.1, 0.15) is 31.2 Å². The van der Waals surface area contributed by atoms with Crippen LogP contribution in [0.4, 0.5) is 13.2 Å². The predicted octanol–water partition coefficient (Wildman–Crippen LogP) is 3.73. The Hall–Kier alpha value is -1.72. The Morgan fingerprint density at radius 3 is 2.47 bits per heavy atom. The molecule has 0 atom stereocenters. The SMILES string of the molecule is O=C(O)CCCCCOc1ccccc1C(F)(F)F. The molecule has 0 heterocycles. The van der Waals surface area contributed by atoms with Crippen LogP contribution in [0.15, 0.2) is 24.3 Å². The van der Waals surface area contributed by atoms with Crippen molar-refractivity contribution in [3.8, 4) is 5.75 Å². The highest BCUT2D eigenvalue weighted by atomic mass is 19.4. The Kier molecular flexibility index (Phi) is 5.66. The van der Waals surface area contributed by atoms with Crippen LogP contribution in [0.3, 0.4) is 0 Å². The lowest BCUT2D eigenvalue weighted by molar-refractivity contribution is -0.139. The molecule has 0 radical (unpaired) electrons. The van der Waals surface area contributed by atoms with Gasteiger partial charge in [0.2, 0.25) is 0 Å². The number of ether oxygens (including phenoxy) is 1.